The van der Waals surface area contributed by atoms with Gasteiger partial charge in [-0.2, -0.15) is 0 Å². The van der Waals surface area contributed by atoms with Gasteiger partial charge in [0.2, 0.25) is 0 Å². The predicted molar refractivity (Wildman–Crippen MR) is 98.7 cm³/mol. The lowest BCUT2D eigenvalue weighted by molar-refractivity contribution is -0.0332. The van der Waals surface area contributed by atoms with Crippen molar-refractivity contribution < 1.29 is 18.7 Å². The average Bonchev–Trinajstić information content (AvgIpc) is 2.66. The average molecular weight is 357 g/mol. The van der Waals surface area contributed by atoms with E-state index in [9.17, 15) is 9.18 Å². The maximum absolute atomic E-state index is 13.3. The van der Waals surface area contributed by atoms with Gasteiger partial charge >= 0.3 is 0 Å². The number of halogens is 1. The van der Waals surface area contributed by atoms with Gasteiger partial charge in [-0.3, -0.25) is 4.79 Å². The van der Waals surface area contributed by atoms with Crippen LogP contribution < -0.4 is 0 Å². The summed E-state index contributed by atoms with van der Waals surface area (Å²) in [5, 5.41) is 0. The van der Waals surface area contributed by atoms with Crippen LogP contribution in [0.15, 0.2) is 42.5 Å². The monoisotopic (exact) mass is 357 g/mol. The number of aryl methyl sites for hydroxylation is 1. The van der Waals surface area contributed by atoms with Gasteiger partial charge in [0, 0.05) is 32.4 Å². The topological polar surface area (TPSA) is 38.8 Å². The summed E-state index contributed by atoms with van der Waals surface area (Å²) >= 11 is 0. The summed E-state index contributed by atoms with van der Waals surface area (Å²) in [6.45, 7) is 4.24. The first-order valence-electron chi connectivity index (χ1n) is 8.85. The summed E-state index contributed by atoms with van der Waals surface area (Å²) < 4.78 is 24.1. The smallest absolute Gasteiger partial charge is 0.254 e. The van der Waals surface area contributed by atoms with Gasteiger partial charge in [0.15, 0.2) is 0 Å². The Morgan fingerprint density at radius 1 is 1.27 bits per heavy atom. The van der Waals surface area contributed by atoms with Crippen LogP contribution in [0.1, 0.15) is 22.3 Å². The van der Waals surface area contributed by atoms with Gasteiger partial charge < -0.3 is 14.4 Å². The standard InChI is InChI=1S/C21H24FNO3/c1-15-13-18(22)7-8-20(15)16-3-5-17(6-4-16)21(24)23-10-12-26-19(14-23)9-11-25-2/h3-8,13,19H,9-12,14H2,1-2H3/t19-/m0/s1. The third-order valence-corrected chi connectivity index (χ3v) is 4.70. The minimum Gasteiger partial charge on any atom is -0.385 e. The summed E-state index contributed by atoms with van der Waals surface area (Å²) in [6.07, 6.45) is 0.803. The second kappa shape index (κ2) is 8.43. The minimum absolute atomic E-state index is 0.0121. The summed E-state index contributed by atoms with van der Waals surface area (Å²) in [4.78, 5) is 14.6. The van der Waals surface area contributed by atoms with Gasteiger partial charge in [0.05, 0.1) is 12.7 Å². The molecule has 1 heterocycles. The molecule has 0 spiro atoms. The molecule has 1 amide bonds. The van der Waals surface area contributed by atoms with Crippen LogP contribution in [0.2, 0.25) is 0 Å². The first-order chi connectivity index (χ1) is 12.6. The zero-order valence-electron chi connectivity index (χ0n) is 15.2. The summed E-state index contributed by atoms with van der Waals surface area (Å²) in [5.41, 5.74) is 3.47. The molecule has 5 heteroatoms. The number of hydrogen-bond donors (Lipinski definition) is 0. The molecule has 138 valence electrons. The van der Waals surface area contributed by atoms with Crippen molar-refractivity contribution in [3.05, 3.63) is 59.4 Å². The number of rotatable bonds is 5. The molecule has 2 aromatic carbocycles. The lowest BCUT2D eigenvalue weighted by Gasteiger charge is -2.33. The predicted octanol–water partition coefficient (Wildman–Crippen LogP) is 3.68. The number of morpholine rings is 1. The Morgan fingerprint density at radius 2 is 2.04 bits per heavy atom. The van der Waals surface area contributed by atoms with E-state index in [1.807, 2.05) is 36.1 Å². The first-order valence-corrected chi connectivity index (χ1v) is 8.85. The third kappa shape index (κ3) is 4.29. The van der Waals surface area contributed by atoms with E-state index in [2.05, 4.69) is 0 Å². The van der Waals surface area contributed by atoms with Crippen molar-refractivity contribution >= 4 is 5.91 Å². The number of ether oxygens (including phenoxy) is 2. The summed E-state index contributed by atoms with van der Waals surface area (Å²) in [7, 11) is 1.66. The van der Waals surface area contributed by atoms with E-state index in [0.29, 0.717) is 31.9 Å². The molecule has 1 aliphatic heterocycles. The molecule has 0 aliphatic carbocycles. The molecule has 0 bridgehead atoms. The number of carbonyl (C=O) groups excluding carboxylic acids is 1. The molecule has 0 aromatic heterocycles. The Bertz CT molecular complexity index is 760. The zero-order valence-corrected chi connectivity index (χ0v) is 15.2. The Kier molecular flexibility index (Phi) is 6.01. The second-order valence-electron chi connectivity index (χ2n) is 6.56. The van der Waals surface area contributed by atoms with Gasteiger partial charge in [-0.15, -0.1) is 0 Å². The fourth-order valence-corrected chi connectivity index (χ4v) is 3.25. The number of hydrogen-bond acceptors (Lipinski definition) is 3. The highest BCUT2D eigenvalue weighted by molar-refractivity contribution is 5.94. The zero-order chi connectivity index (χ0) is 18.5. The third-order valence-electron chi connectivity index (χ3n) is 4.70. The molecule has 0 radical (unpaired) electrons. The molecule has 26 heavy (non-hydrogen) atoms. The van der Waals surface area contributed by atoms with Crippen LogP contribution in [0.5, 0.6) is 0 Å². The van der Waals surface area contributed by atoms with Crippen LogP contribution in [0.25, 0.3) is 11.1 Å². The van der Waals surface area contributed by atoms with E-state index < -0.39 is 0 Å². The van der Waals surface area contributed by atoms with Gasteiger partial charge in [0.25, 0.3) is 5.91 Å². The molecule has 0 saturated carbocycles. The Balaban J connectivity index is 1.70. The normalized spacial score (nSPS) is 17.3. The van der Waals surface area contributed by atoms with E-state index in [-0.39, 0.29) is 17.8 Å². The number of carbonyl (C=O) groups is 1. The van der Waals surface area contributed by atoms with Crippen molar-refractivity contribution in [3.63, 3.8) is 0 Å². The fraction of sp³-hybridized carbons (Fsp3) is 0.381. The fourth-order valence-electron chi connectivity index (χ4n) is 3.25. The van der Waals surface area contributed by atoms with Crippen molar-refractivity contribution in [2.45, 2.75) is 19.4 Å². The SMILES string of the molecule is COCC[C@H]1CN(C(=O)c2ccc(-c3ccc(F)cc3C)cc2)CCO1. The van der Waals surface area contributed by atoms with Gasteiger partial charge in [0.1, 0.15) is 5.82 Å². The minimum atomic E-state index is -0.242. The van der Waals surface area contributed by atoms with Crippen molar-refractivity contribution in [2.24, 2.45) is 0 Å². The molecular formula is C21H24FNO3. The van der Waals surface area contributed by atoms with E-state index in [1.165, 1.54) is 12.1 Å². The molecule has 1 saturated heterocycles. The number of nitrogens with zero attached hydrogens (tertiary/aromatic N) is 1. The van der Waals surface area contributed by atoms with Crippen LogP contribution >= 0.6 is 0 Å². The van der Waals surface area contributed by atoms with E-state index in [4.69, 9.17) is 9.47 Å². The Hall–Kier alpha value is -2.24. The maximum Gasteiger partial charge on any atom is 0.254 e. The van der Waals surface area contributed by atoms with Crippen molar-refractivity contribution in [2.75, 3.05) is 33.4 Å². The van der Waals surface area contributed by atoms with E-state index >= 15 is 0 Å². The van der Waals surface area contributed by atoms with Crippen LogP contribution in [0.4, 0.5) is 4.39 Å². The lowest BCUT2D eigenvalue weighted by atomic mass is 9.99. The highest BCUT2D eigenvalue weighted by Gasteiger charge is 2.24. The van der Waals surface area contributed by atoms with Gasteiger partial charge in [-0.05, 0) is 54.3 Å². The van der Waals surface area contributed by atoms with E-state index in [0.717, 1.165) is 23.1 Å². The second-order valence-corrected chi connectivity index (χ2v) is 6.56. The summed E-state index contributed by atoms with van der Waals surface area (Å²) in [6, 6.07) is 12.2. The Labute approximate surface area is 153 Å². The quantitative estimate of drug-likeness (QED) is 0.819. The highest BCUT2D eigenvalue weighted by atomic mass is 19.1. The van der Waals surface area contributed by atoms with Crippen LogP contribution in [-0.4, -0.2) is 50.3 Å². The number of methoxy groups -OCH3 is 1. The molecule has 4 nitrogen and oxygen atoms in total. The highest BCUT2D eigenvalue weighted by Crippen LogP contribution is 2.25. The molecule has 0 N–H and O–H groups in total. The molecule has 1 fully saturated rings. The van der Waals surface area contributed by atoms with Crippen molar-refractivity contribution in [1.29, 1.82) is 0 Å². The molecule has 3 rings (SSSR count). The van der Waals surface area contributed by atoms with Crippen LogP contribution in [-0.2, 0) is 9.47 Å². The number of benzene rings is 2. The number of amides is 1. The molecule has 0 unspecified atom stereocenters. The van der Waals surface area contributed by atoms with E-state index in [1.54, 1.807) is 13.2 Å². The maximum atomic E-state index is 13.3. The molecule has 2 aromatic rings. The Morgan fingerprint density at radius 3 is 2.73 bits per heavy atom. The van der Waals surface area contributed by atoms with Crippen molar-refractivity contribution in [3.8, 4) is 11.1 Å². The molecular weight excluding hydrogens is 333 g/mol. The van der Waals surface area contributed by atoms with Crippen LogP contribution in [0, 0.1) is 12.7 Å². The van der Waals surface area contributed by atoms with Gasteiger partial charge in [-0.1, -0.05) is 18.2 Å². The largest absolute Gasteiger partial charge is 0.385 e. The summed E-state index contributed by atoms with van der Waals surface area (Å²) in [5.74, 6) is -0.230. The van der Waals surface area contributed by atoms with Crippen LogP contribution in [0.3, 0.4) is 0 Å². The van der Waals surface area contributed by atoms with Gasteiger partial charge in [-0.25, -0.2) is 4.39 Å². The first kappa shape index (κ1) is 18.5. The lowest BCUT2D eigenvalue weighted by Crippen LogP contribution is -2.45. The molecule has 1 aliphatic rings. The van der Waals surface area contributed by atoms with Crippen molar-refractivity contribution in [1.82, 2.24) is 4.90 Å². The molecule has 1 atom stereocenters.